The molecule has 0 rings (SSSR count). The Morgan fingerprint density at radius 3 is 0.607 bits per heavy atom. The third-order valence-electron chi connectivity index (χ3n) is 3.78. The van der Waals surface area contributed by atoms with Gasteiger partial charge in [0.2, 0.25) is 0 Å². The number of hydrogen-bond donors (Lipinski definition) is 0. The molecule has 0 spiro atoms. The Bertz CT molecular complexity index is 510. The third-order valence-corrected chi connectivity index (χ3v) is 3.78. The minimum absolute atomic E-state index is 0.00909. The van der Waals surface area contributed by atoms with Crippen LogP contribution in [0.4, 0.5) is 70.2 Å². The summed E-state index contributed by atoms with van der Waals surface area (Å²) in [6, 6.07) is 0. The van der Waals surface area contributed by atoms with Gasteiger partial charge in [0.1, 0.15) is 0 Å². The molecule has 0 nitrogen and oxygen atoms in total. The normalized spacial score (nSPS) is 16.5. The lowest BCUT2D eigenvalue weighted by Gasteiger charge is -2.43. The summed E-state index contributed by atoms with van der Waals surface area (Å²) in [4.78, 5) is 0. The van der Waals surface area contributed by atoms with Crippen LogP contribution in [0.1, 0.15) is 26.7 Å². The first-order valence-electron chi connectivity index (χ1n) is 6.90. The van der Waals surface area contributed by atoms with Crippen LogP contribution in [0.2, 0.25) is 0 Å². The first-order valence-corrected chi connectivity index (χ1v) is 6.90. The molecular formula is C12H10F16. The molecule has 170 valence electrons. The Morgan fingerprint density at radius 1 is 0.321 bits per heavy atom. The van der Waals surface area contributed by atoms with Gasteiger partial charge in [0.25, 0.3) is 0 Å². The Balaban J connectivity index is 6.69. The van der Waals surface area contributed by atoms with Crippen molar-refractivity contribution in [2.45, 2.75) is 74.1 Å². The van der Waals surface area contributed by atoms with Gasteiger partial charge in [-0.25, -0.2) is 0 Å². The van der Waals surface area contributed by atoms with E-state index in [1.54, 1.807) is 0 Å². The summed E-state index contributed by atoms with van der Waals surface area (Å²) in [5, 5.41) is 0. The van der Waals surface area contributed by atoms with Gasteiger partial charge in [-0.05, 0) is 0 Å². The maximum Gasteiger partial charge on any atom is 0.384 e. The Morgan fingerprint density at radius 2 is 0.464 bits per heavy atom. The molecule has 0 unspecified atom stereocenters. The maximum absolute atomic E-state index is 13.3. The second-order valence-corrected chi connectivity index (χ2v) is 5.56. The molecule has 28 heavy (non-hydrogen) atoms. The van der Waals surface area contributed by atoms with Crippen molar-refractivity contribution in [3.63, 3.8) is 0 Å². The molecule has 0 aliphatic carbocycles. The van der Waals surface area contributed by atoms with E-state index >= 15 is 0 Å². The highest BCUT2D eigenvalue weighted by Gasteiger charge is 2.94. The van der Waals surface area contributed by atoms with Crippen LogP contribution in [0.5, 0.6) is 0 Å². The monoisotopic (exact) mass is 458 g/mol. The molecule has 0 saturated carbocycles. The summed E-state index contributed by atoms with van der Waals surface area (Å²) in [6.45, 7) is -0.0182. The minimum Gasteiger partial charge on any atom is -0.200 e. The first-order chi connectivity index (χ1) is 11.9. The SMILES string of the molecule is CCC(F)(F)C(F)(F)C(F)(F)C(F)(F)C(F)(F)C(F)(F)C(F)(F)C(F)(F)CC. The van der Waals surface area contributed by atoms with Gasteiger partial charge < -0.3 is 0 Å². The Labute approximate surface area is 145 Å². The molecule has 0 aromatic rings. The van der Waals surface area contributed by atoms with Crippen molar-refractivity contribution in [1.82, 2.24) is 0 Å². The topological polar surface area (TPSA) is 0 Å². The molecule has 16 heteroatoms. The van der Waals surface area contributed by atoms with Crippen molar-refractivity contribution >= 4 is 0 Å². The fourth-order valence-corrected chi connectivity index (χ4v) is 1.69. The average molecular weight is 458 g/mol. The third kappa shape index (κ3) is 3.08. The highest BCUT2D eigenvalue weighted by molar-refractivity contribution is 5.15. The number of rotatable bonds is 9. The van der Waals surface area contributed by atoms with Crippen molar-refractivity contribution in [2.75, 3.05) is 0 Å². The highest BCUT2D eigenvalue weighted by Crippen LogP contribution is 2.64. The van der Waals surface area contributed by atoms with E-state index in [4.69, 9.17) is 0 Å². The summed E-state index contributed by atoms with van der Waals surface area (Å²) in [5.74, 6) is -60.1. The molecule has 0 atom stereocenters. The summed E-state index contributed by atoms with van der Waals surface area (Å²) in [7, 11) is 0. The van der Waals surface area contributed by atoms with Gasteiger partial charge in [0, 0.05) is 12.8 Å². The molecular weight excluding hydrogens is 448 g/mol. The second-order valence-electron chi connectivity index (χ2n) is 5.56. The van der Waals surface area contributed by atoms with Crippen LogP contribution in [0.3, 0.4) is 0 Å². The quantitative estimate of drug-likeness (QED) is 0.330. The van der Waals surface area contributed by atoms with E-state index in [9.17, 15) is 70.2 Å². The van der Waals surface area contributed by atoms with Gasteiger partial charge in [0.05, 0.1) is 0 Å². The number of hydrogen-bond acceptors (Lipinski definition) is 0. The van der Waals surface area contributed by atoms with Crippen molar-refractivity contribution in [2.24, 2.45) is 0 Å². The van der Waals surface area contributed by atoms with Gasteiger partial charge in [-0.2, -0.15) is 70.2 Å². The molecule has 0 saturated heterocycles. The van der Waals surface area contributed by atoms with Crippen LogP contribution in [-0.2, 0) is 0 Å². The van der Waals surface area contributed by atoms with E-state index in [0.717, 1.165) is 0 Å². The van der Waals surface area contributed by atoms with E-state index in [0.29, 0.717) is 0 Å². The Hall–Kier alpha value is -1.12. The van der Waals surface area contributed by atoms with E-state index in [1.807, 2.05) is 0 Å². The predicted molar refractivity (Wildman–Crippen MR) is 60.2 cm³/mol. The molecule has 0 amide bonds. The van der Waals surface area contributed by atoms with E-state index < -0.39 is 60.2 Å². The van der Waals surface area contributed by atoms with Gasteiger partial charge in [-0.1, -0.05) is 13.8 Å². The summed E-state index contributed by atoms with van der Waals surface area (Å²) >= 11 is 0. The maximum atomic E-state index is 13.3. The van der Waals surface area contributed by atoms with Crippen LogP contribution in [-0.4, -0.2) is 47.4 Å². The summed E-state index contributed by atoms with van der Waals surface area (Å²) in [5.41, 5.74) is 0. The smallest absolute Gasteiger partial charge is 0.200 e. The molecule has 0 fully saturated rings. The lowest BCUT2D eigenvalue weighted by molar-refractivity contribution is -0.453. The lowest BCUT2D eigenvalue weighted by Crippen LogP contribution is -2.74. The average Bonchev–Trinajstić information content (AvgIpc) is 2.53. The van der Waals surface area contributed by atoms with E-state index in [1.165, 1.54) is 0 Å². The van der Waals surface area contributed by atoms with Gasteiger partial charge in [-0.15, -0.1) is 0 Å². The molecule has 0 bridgehead atoms. The highest BCUT2D eigenvalue weighted by atomic mass is 19.4. The van der Waals surface area contributed by atoms with Crippen LogP contribution in [0.15, 0.2) is 0 Å². The fourth-order valence-electron chi connectivity index (χ4n) is 1.69. The Kier molecular flexibility index (Phi) is 6.44. The van der Waals surface area contributed by atoms with Gasteiger partial charge in [0.15, 0.2) is 0 Å². The summed E-state index contributed by atoms with van der Waals surface area (Å²) in [6.07, 6.45) is -4.78. The number of halogens is 16. The van der Waals surface area contributed by atoms with Crippen molar-refractivity contribution in [3.8, 4) is 0 Å². The second kappa shape index (κ2) is 6.71. The van der Waals surface area contributed by atoms with Crippen molar-refractivity contribution < 1.29 is 70.2 Å². The molecule has 0 aliphatic rings. The zero-order valence-corrected chi connectivity index (χ0v) is 13.5. The zero-order valence-electron chi connectivity index (χ0n) is 13.5. The van der Waals surface area contributed by atoms with Gasteiger partial charge >= 0.3 is 47.4 Å². The largest absolute Gasteiger partial charge is 0.384 e. The first kappa shape index (κ1) is 26.9. The van der Waals surface area contributed by atoms with Crippen LogP contribution >= 0.6 is 0 Å². The van der Waals surface area contributed by atoms with E-state index in [-0.39, 0.29) is 13.8 Å². The summed E-state index contributed by atoms with van der Waals surface area (Å²) < 4.78 is 210. The molecule has 0 aromatic carbocycles. The molecule has 0 aromatic heterocycles. The van der Waals surface area contributed by atoms with Gasteiger partial charge in [-0.3, -0.25) is 0 Å². The molecule has 0 aliphatic heterocycles. The minimum atomic E-state index is -8.32. The van der Waals surface area contributed by atoms with E-state index in [2.05, 4.69) is 0 Å². The number of alkyl halides is 16. The molecule has 0 heterocycles. The zero-order chi connectivity index (χ0) is 23.4. The molecule has 0 N–H and O–H groups in total. The van der Waals surface area contributed by atoms with Crippen molar-refractivity contribution in [3.05, 3.63) is 0 Å². The molecule has 0 radical (unpaired) electrons. The van der Waals surface area contributed by atoms with Crippen molar-refractivity contribution in [1.29, 1.82) is 0 Å². The standard InChI is InChI=1S/C12H10F16/c1-3-5(13,14)7(17,18)9(21,22)11(25,26)12(27,28)10(23,24)8(19,20)6(15,16)4-2/h3-4H2,1-2H3. The fraction of sp³-hybridized carbons (Fsp3) is 1.00. The van der Waals surface area contributed by atoms with Crippen LogP contribution in [0, 0.1) is 0 Å². The predicted octanol–water partition coefficient (Wildman–Crippen LogP) is 6.89. The lowest BCUT2D eigenvalue weighted by atomic mass is 9.87. The van der Waals surface area contributed by atoms with Crippen LogP contribution < -0.4 is 0 Å². The van der Waals surface area contributed by atoms with Crippen LogP contribution in [0.25, 0.3) is 0 Å².